The molecule has 0 aliphatic carbocycles. The third kappa shape index (κ3) is 2.18. The van der Waals surface area contributed by atoms with Crippen molar-refractivity contribution >= 4 is 17.5 Å². The first-order chi connectivity index (χ1) is 11.5. The smallest absolute Gasteiger partial charge is 0.277 e. The highest BCUT2D eigenvalue weighted by molar-refractivity contribution is 5.94. The van der Waals surface area contributed by atoms with Crippen LogP contribution in [-0.2, 0) is 4.79 Å². The Labute approximate surface area is 138 Å². The third-order valence-electron chi connectivity index (χ3n) is 5.10. The van der Waals surface area contributed by atoms with E-state index in [0.29, 0.717) is 18.6 Å². The number of nitrogens with zero attached hydrogens (tertiary/aromatic N) is 4. The number of imidazole rings is 1. The van der Waals surface area contributed by atoms with E-state index in [9.17, 15) is 14.0 Å². The largest absolute Gasteiger partial charge is 0.344 e. The van der Waals surface area contributed by atoms with Gasteiger partial charge in [0, 0.05) is 32.3 Å². The summed E-state index contributed by atoms with van der Waals surface area (Å²) in [5.41, 5.74) is 1.22. The summed E-state index contributed by atoms with van der Waals surface area (Å²) >= 11 is 0. The van der Waals surface area contributed by atoms with E-state index in [0.717, 1.165) is 18.4 Å². The molecule has 0 N–H and O–H groups in total. The second kappa shape index (κ2) is 5.29. The Bertz CT molecular complexity index is 846. The number of fused-ring (bicyclic) bond motifs is 3. The number of likely N-dealkylation sites (N-methyl/N-ethyl adjacent to an activating group) is 1. The third-order valence-corrected chi connectivity index (χ3v) is 5.10. The lowest BCUT2D eigenvalue weighted by atomic mass is 10.1. The molecule has 2 fully saturated rings. The summed E-state index contributed by atoms with van der Waals surface area (Å²) in [6, 6.07) is 3.29. The summed E-state index contributed by atoms with van der Waals surface area (Å²) in [5, 5.41) is 0. The summed E-state index contributed by atoms with van der Waals surface area (Å²) in [5.74, 6) is -1.02. The van der Waals surface area contributed by atoms with Crippen LogP contribution in [0, 0.1) is 12.9 Å². The number of rotatable bonds is 1. The lowest BCUT2D eigenvalue weighted by molar-refractivity contribution is -0.130. The first-order valence-electron chi connectivity index (χ1n) is 8.16. The second-order valence-corrected chi connectivity index (χ2v) is 6.76. The fourth-order valence-electron chi connectivity index (χ4n) is 3.82. The van der Waals surface area contributed by atoms with E-state index in [1.807, 2.05) is 6.92 Å². The minimum atomic E-state index is -0.640. The molecular weight excluding hydrogens is 311 g/mol. The quantitative estimate of drug-likeness (QED) is 0.798. The minimum Gasteiger partial charge on any atom is -0.344 e. The van der Waals surface area contributed by atoms with Gasteiger partial charge in [-0.1, -0.05) is 0 Å². The highest BCUT2D eigenvalue weighted by atomic mass is 19.1. The first-order valence-corrected chi connectivity index (χ1v) is 8.16. The number of aromatic nitrogens is 2. The van der Waals surface area contributed by atoms with Gasteiger partial charge in [-0.2, -0.15) is 4.39 Å². The van der Waals surface area contributed by atoms with Crippen LogP contribution < -0.4 is 0 Å². The Morgan fingerprint density at radius 3 is 2.88 bits per heavy atom. The van der Waals surface area contributed by atoms with Crippen molar-refractivity contribution in [3.63, 3.8) is 0 Å². The predicted molar refractivity (Wildman–Crippen MR) is 85.1 cm³/mol. The van der Waals surface area contributed by atoms with Gasteiger partial charge in [-0.25, -0.2) is 4.98 Å². The van der Waals surface area contributed by atoms with Gasteiger partial charge < -0.3 is 9.80 Å². The molecule has 6 nitrogen and oxygen atoms in total. The number of amides is 2. The molecule has 7 heteroatoms. The Balaban J connectivity index is 1.73. The predicted octanol–water partition coefficient (Wildman–Crippen LogP) is 1.62. The zero-order valence-electron chi connectivity index (χ0n) is 13.7. The van der Waals surface area contributed by atoms with E-state index >= 15 is 0 Å². The number of hydrogen-bond acceptors (Lipinski definition) is 3. The topological polar surface area (TPSA) is 57.9 Å². The molecule has 2 aliphatic rings. The van der Waals surface area contributed by atoms with Gasteiger partial charge in [0.25, 0.3) is 5.91 Å². The van der Waals surface area contributed by atoms with Crippen LogP contribution in [0.25, 0.3) is 5.65 Å². The minimum absolute atomic E-state index is 0.0334. The lowest BCUT2D eigenvalue weighted by Gasteiger charge is -2.27. The molecule has 0 radical (unpaired) electrons. The average Bonchev–Trinajstić information content (AvgIpc) is 3.04. The lowest BCUT2D eigenvalue weighted by Crippen LogP contribution is -2.43. The van der Waals surface area contributed by atoms with Crippen molar-refractivity contribution in [3.05, 3.63) is 35.5 Å². The molecular formula is C17H19FN4O2. The van der Waals surface area contributed by atoms with Gasteiger partial charge in [-0.15, -0.1) is 0 Å². The Kier molecular flexibility index (Phi) is 3.33. The Morgan fingerprint density at radius 1 is 1.33 bits per heavy atom. The second-order valence-electron chi connectivity index (χ2n) is 6.76. The standard InChI is InChI=1S/C17H19FN4O2/c1-10-5-6-21-13(7-10)19-15(16(21)18)17(24)22-11-3-4-12(22)9-20(2)14(23)8-11/h5-7,11-12H,3-4,8-9H2,1-2H3/t11-,12+/m1/s1. The van der Waals surface area contributed by atoms with Crippen molar-refractivity contribution in [2.45, 2.75) is 38.3 Å². The number of hydrogen-bond donors (Lipinski definition) is 0. The molecule has 0 spiro atoms. The molecule has 0 saturated carbocycles. The molecule has 2 aromatic rings. The summed E-state index contributed by atoms with van der Waals surface area (Å²) in [4.78, 5) is 32.6. The van der Waals surface area contributed by atoms with Crippen molar-refractivity contribution in [1.29, 1.82) is 0 Å². The van der Waals surface area contributed by atoms with Crippen LogP contribution in [0.15, 0.2) is 18.3 Å². The summed E-state index contributed by atoms with van der Waals surface area (Å²) in [6.07, 6.45) is 3.50. The number of aryl methyl sites for hydroxylation is 1. The monoisotopic (exact) mass is 330 g/mol. The number of pyridine rings is 1. The molecule has 2 saturated heterocycles. The number of carbonyl (C=O) groups excluding carboxylic acids is 2. The van der Waals surface area contributed by atoms with Crippen molar-refractivity contribution in [2.24, 2.45) is 0 Å². The van der Waals surface area contributed by atoms with Crippen molar-refractivity contribution in [1.82, 2.24) is 19.2 Å². The molecule has 2 atom stereocenters. The van der Waals surface area contributed by atoms with Crippen molar-refractivity contribution in [2.75, 3.05) is 13.6 Å². The normalized spacial score (nSPS) is 23.9. The average molecular weight is 330 g/mol. The zero-order valence-corrected chi connectivity index (χ0v) is 13.7. The highest BCUT2D eigenvalue weighted by Gasteiger charge is 2.43. The number of carbonyl (C=O) groups is 2. The van der Waals surface area contributed by atoms with E-state index in [4.69, 9.17) is 0 Å². The summed E-state index contributed by atoms with van der Waals surface area (Å²) in [6.45, 7) is 2.39. The zero-order chi connectivity index (χ0) is 17.0. The van der Waals surface area contributed by atoms with E-state index in [1.165, 1.54) is 4.40 Å². The van der Waals surface area contributed by atoms with E-state index < -0.39 is 11.9 Å². The van der Waals surface area contributed by atoms with E-state index in [-0.39, 0.29) is 23.7 Å². The molecule has 0 unspecified atom stereocenters. The highest BCUT2D eigenvalue weighted by Crippen LogP contribution is 2.32. The Hall–Kier alpha value is -2.44. The maximum Gasteiger partial charge on any atom is 0.277 e. The van der Waals surface area contributed by atoms with Crippen LogP contribution in [-0.4, -0.2) is 56.7 Å². The fraction of sp³-hybridized carbons (Fsp3) is 0.471. The molecule has 24 heavy (non-hydrogen) atoms. The molecule has 2 bridgehead atoms. The van der Waals surface area contributed by atoms with Crippen molar-refractivity contribution in [3.8, 4) is 0 Å². The maximum absolute atomic E-state index is 14.7. The SMILES string of the molecule is Cc1ccn2c(F)c(C(=O)N3[C@@H]4CC[C@H]3CN(C)C(=O)C4)nc2c1. The molecule has 126 valence electrons. The van der Waals surface area contributed by atoms with Gasteiger partial charge >= 0.3 is 0 Å². The molecule has 2 amide bonds. The van der Waals surface area contributed by atoms with Gasteiger partial charge in [0.2, 0.25) is 11.9 Å². The van der Waals surface area contributed by atoms with Crippen molar-refractivity contribution < 1.29 is 14.0 Å². The van der Waals surface area contributed by atoms with Crippen LogP contribution in [0.4, 0.5) is 4.39 Å². The van der Waals surface area contributed by atoms with Crippen LogP contribution in [0.3, 0.4) is 0 Å². The van der Waals surface area contributed by atoms with Gasteiger partial charge in [0.15, 0.2) is 5.69 Å². The van der Waals surface area contributed by atoms with Crippen LogP contribution in [0.1, 0.15) is 35.3 Å². The number of likely N-dealkylation sites (tertiary alicyclic amines) is 1. The van der Waals surface area contributed by atoms with Gasteiger partial charge in [0.1, 0.15) is 5.65 Å². The molecule has 4 heterocycles. The Morgan fingerprint density at radius 2 is 2.08 bits per heavy atom. The van der Waals surface area contributed by atoms with Crippen LogP contribution >= 0.6 is 0 Å². The van der Waals surface area contributed by atoms with Gasteiger partial charge in [0.05, 0.1) is 6.04 Å². The molecule has 2 aromatic heterocycles. The van der Waals surface area contributed by atoms with Crippen LogP contribution in [0.5, 0.6) is 0 Å². The fourth-order valence-corrected chi connectivity index (χ4v) is 3.82. The van der Waals surface area contributed by atoms with Gasteiger partial charge in [-0.3, -0.25) is 14.0 Å². The molecule has 0 aromatic carbocycles. The van der Waals surface area contributed by atoms with E-state index in [1.54, 1.807) is 35.2 Å². The summed E-state index contributed by atoms with van der Waals surface area (Å²) in [7, 11) is 1.75. The first kappa shape index (κ1) is 15.1. The maximum atomic E-state index is 14.7. The van der Waals surface area contributed by atoms with E-state index in [2.05, 4.69) is 4.98 Å². The van der Waals surface area contributed by atoms with Crippen LogP contribution in [0.2, 0.25) is 0 Å². The molecule has 4 rings (SSSR count). The molecule has 2 aliphatic heterocycles. The number of halogens is 1. The summed E-state index contributed by atoms with van der Waals surface area (Å²) < 4.78 is 16.0. The van der Waals surface area contributed by atoms with Gasteiger partial charge in [-0.05, 0) is 37.5 Å².